The van der Waals surface area contributed by atoms with Crippen LogP contribution in [0.3, 0.4) is 0 Å². The highest BCUT2D eigenvalue weighted by Crippen LogP contribution is 2.36. The molecule has 10 heteroatoms. The maximum absolute atomic E-state index is 12.3. The number of hydrogen-bond acceptors (Lipinski definition) is 8. The van der Waals surface area contributed by atoms with E-state index in [1.54, 1.807) is 0 Å². The molecule has 3 N–H and O–H groups in total. The fourth-order valence-corrected chi connectivity index (χ4v) is 6.93. The van der Waals surface area contributed by atoms with E-state index in [-0.39, 0.29) is 18.2 Å². The molecule has 6 rings (SSSR count). The highest BCUT2D eigenvalue weighted by atomic mass is 16.6. The number of imidazole rings is 1. The van der Waals surface area contributed by atoms with Crippen molar-refractivity contribution in [1.29, 1.82) is 0 Å². The number of hydrogen-bond donors (Lipinski definition) is 3. The van der Waals surface area contributed by atoms with Crippen molar-refractivity contribution in [3.63, 3.8) is 0 Å². The van der Waals surface area contributed by atoms with Gasteiger partial charge in [0.25, 0.3) is 0 Å². The maximum atomic E-state index is 12.3. The van der Waals surface area contributed by atoms with Crippen LogP contribution in [0, 0.1) is 0 Å². The Hall–Kier alpha value is -3.40. The van der Waals surface area contributed by atoms with Crippen molar-refractivity contribution in [2.75, 3.05) is 23.3 Å². The topological polar surface area (TPSA) is 109 Å². The number of nitrogens with zero attached hydrogens (tertiary/aromatic N) is 5. The van der Waals surface area contributed by atoms with Gasteiger partial charge in [-0.2, -0.15) is 9.97 Å². The van der Waals surface area contributed by atoms with Gasteiger partial charge in [-0.15, -0.1) is 0 Å². The van der Waals surface area contributed by atoms with Gasteiger partial charge >= 0.3 is 6.09 Å². The first-order valence-corrected chi connectivity index (χ1v) is 16.3. The lowest BCUT2D eigenvalue weighted by Gasteiger charge is -2.36. The summed E-state index contributed by atoms with van der Waals surface area (Å²) in [6.07, 6.45) is 12.3. The zero-order chi connectivity index (χ0) is 29.8. The van der Waals surface area contributed by atoms with E-state index in [1.807, 2.05) is 27.1 Å². The van der Waals surface area contributed by atoms with E-state index < -0.39 is 5.60 Å². The number of piperidine rings is 1. The van der Waals surface area contributed by atoms with Crippen LogP contribution in [0.25, 0.3) is 11.2 Å². The molecule has 2 aromatic heterocycles. The largest absolute Gasteiger partial charge is 0.444 e. The van der Waals surface area contributed by atoms with Crippen LogP contribution < -0.4 is 20.9 Å². The number of carbonyl (C=O) groups is 1. The lowest BCUT2D eigenvalue weighted by atomic mass is 9.91. The van der Waals surface area contributed by atoms with Crippen LogP contribution in [0.2, 0.25) is 0 Å². The number of anilines is 2. The molecule has 43 heavy (non-hydrogen) atoms. The summed E-state index contributed by atoms with van der Waals surface area (Å²) in [4.78, 5) is 30.1. The fraction of sp³-hybridized carbons (Fsp3) is 0.636. The van der Waals surface area contributed by atoms with Crippen molar-refractivity contribution in [1.82, 2.24) is 30.2 Å². The van der Waals surface area contributed by atoms with Crippen LogP contribution >= 0.6 is 0 Å². The number of alkyl carbamates (subject to hydrolysis) is 1. The number of fused-ring (bicyclic) bond motifs is 1. The van der Waals surface area contributed by atoms with Gasteiger partial charge in [-0.05, 0) is 90.8 Å². The summed E-state index contributed by atoms with van der Waals surface area (Å²) in [5.41, 5.74) is 2.61. The molecule has 1 saturated heterocycles. The molecule has 2 aliphatic carbocycles. The minimum atomic E-state index is -0.496. The average Bonchev–Trinajstić information content (AvgIpc) is 3.67. The number of carbonyl (C=O) groups excluding carboxylic acids is 1. The van der Waals surface area contributed by atoms with Gasteiger partial charge in [-0.1, -0.05) is 43.2 Å². The van der Waals surface area contributed by atoms with E-state index in [1.165, 1.54) is 31.2 Å². The van der Waals surface area contributed by atoms with Gasteiger partial charge in [0.1, 0.15) is 5.60 Å². The Bertz CT molecular complexity index is 1350. The van der Waals surface area contributed by atoms with Crippen molar-refractivity contribution in [2.24, 2.45) is 0 Å². The highest BCUT2D eigenvalue weighted by Gasteiger charge is 2.30. The number of aromatic nitrogens is 4. The Labute approximate surface area is 255 Å². The minimum Gasteiger partial charge on any atom is -0.444 e. The number of ether oxygens (including phenoxy) is 1. The standard InChI is InChI=1S/C33H48N8O2/c1-33(2,3)43-32(42)37-25-15-13-24(14-16-25)36-31-38-29(28-30(39-31)41(22-35-28)26-11-7-8-12-26)40(27-17-19-34-20-18-27)21-23-9-5-4-6-10-23/h4-6,9-10,22,24-27,34H,7-8,11-21H2,1-3H3,(H,37,42)(H,36,38,39). The number of benzene rings is 1. The van der Waals surface area contributed by atoms with Crippen LogP contribution in [0.15, 0.2) is 36.7 Å². The Morgan fingerprint density at radius 1 is 0.977 bits per heavy atom. The molecule has 3 aromatic rings. The summed E-state index contributed by atoms with van der Waals surface area (Å²) in [6.45, 7) is 8.48. The van der Waals surface area contributed by atoms with E-state index in [9.17, 15) is 4.79 Å². The summed E-state index contributed by atoms with van der Waals surface area (Å²) < 4.78 is 7.78. The molecular weight excluding hydrogens is 540 g/mol. The molecule has 0 radical (unpaired) electrons. The number of rotatable bonds is 8. The normalized spacial score (nSPS) is 22.0. The number of nitrogens with one attached hydrogen (secondary N) is 3. The molecular formula is C33H48N8O2. The Morgan fingerprint density at radius 3 is 2.37 bits per heavy atom. The predicted molar refractivity (Wildman–Crippen MR) is 170 cm³/mol. The molecule has 0 bridgehead atoms. The molecule has 0 atom stereocenters. The third-order valence-electron chi connectivity index (χ3n) is 9.12. The second-order valence-corrected chi connectivity index (χ2v) is 13.6. The third kappa shape index (κ3) is 7.40. The molecule has 0 unspecified atom stereocenters. The molecule has 3 heterocycles. The predicted octanol–water partition coefficient (Wildman–Crippen LogP) is 5.95. The number of amides is 1. The van der Waals surface area contributed by atoms with E-state index in [0.29, 0.717) is 18.0 Å². The molecule has 3 fully saturated rings. The van der Waals surface area contributed by atoms with Gasteiger partial charge in [-0.25, -0.2) is 9.78 Å². The van der Waals surface area contributed by atoms with Crippen LogP contribution in [-0.2, 0) is 11.3 Å². The minimum absolute atomic E-state index is 0.122. The van der Waals surface area contributed by atoms with Gasteiger partial charge in [0, 0.05) is 30.7 Å². The van der Waals surface area contributed by atoms with Crippen molar-refractivity contribution in [3.05, 3.63) is 42.2 Å². The molecule has 232 valence electrons. The van der Waals surface area contributed by atoms with E-state index in [2.05, 4.69) is 55.7 Å². The van der Waals surface area contributed by atoms with Crippen molar-refractivity contribution in [3.8, 4) is 0 Å². The molecule has 1 amide bonds. The molecule has 2 saturated carbocycles. The quantitative estimate of drug-likeness (QED) is 0.296. The lowest BCUT2D eigenvalue weighted by Crippen LogP contribution is -2.43. The Balaban J connectivity index is 1.27. The smallest absolute Gasteiger partial charge is 0.407 e. The van der Waals surface area contributed by atoms with Crippen LogP contribution in [0.4, 0.5) is 16.6 Å². The molecule has 3 aliphatic rings. The van der Waals surface area contributed by atoms with Gasteiger partial charge < -0.3 is 30.2 Å². The van der Waals surface area contributed by atoms with Crippen molar-refractivity contribution in [2.45, 2.75) is 121 Å². The molecule has 1 aromatic carbocycles. The summed E-state index contributed by atoms with van der Waals surface area (Å²) in [5.74, 6) is 1.61. The lowest BCUT2D eigenvalue weighted by molar-refractivity contribution is 0.0492. The van der Waals surface area contributed by atoms with E-state index in [0.717, 1.165) is 75.1 Å². The summed E-state index contributed by atoms with van der Waals surface area (Å²) in [7, 11) is 0. The van der Waals surface area contributed by atoms with Crippen LogP contribution in [-0.4, -0.2) is 62.4 Å². The maximum Gasteiger partial charge on any atom is 0.407 e. The molecule has 1 aliphatic heterocycles. The third-order valence-corrected chi connectivity index (χ3v) is 9.12. The molecule has 10 nitrogen and oxygen atoms in total. The van der Waals surface area contributed by atoms with Gasteiger partial charge in [-0.3, -0.25) is 0 Å². The van der Waals surface area contributed by atoms with Crippen molar-refractivity contribution < 1.29 is 9.53 Å². The monoisotopic (exact) mass is 588 g/mol. The Kier molecular flexibility index (Phi) is 9.02. The highest BCUT2D eigenvalue weighted by molar-refractivity contribution is 5.85. The van der Waals surface area contributed by atoms with E-state index >= 15 is 0 Å². The summed E-state index contributed by atoms with van der Waals surface area (Å²) in [5, 5.41) is 10.3. The SMILES string of the molecule is CC(C)(C)OC(=O)NC1CCC(Nc2nc(N(Cc3ccccc3)C3CCNCC3)c3ncn(C4CCCC4)c3n2)CC1. The fourth-order valence-electron chi connectivity index (χ4n) is 6.93. The van der Waals surface area contributed by atoms with Gasteiger partial charge in [0.2, 0.25) is 5.95 Å². The zero-order valence-electron chi connectivity index (χ0n) is 26.0. The van der Waals surface area contributed by atoms with E-state index in [4.69, 9.17) is 19.7 Å². The molecule has 0 spiro atoms. The Morgan fingerprint density at radius 2 is 1.67 bits per heavy atom. The first-order valence-electron chi connectivity index (χ1n) is 16.3. The first-order chi connectivity index (χ1) is 20.8. The first kappa shape index (κ1) is 29.7. The van der Waals surface area contributed by atoms with Gasteiger partial charge in [0.15, 0.2) is 17.0 Å². The van der Waals surface area contributed by atoms with Crippen LogP contribution in [0.1, 0.15) is 96.6 Å². The van der Waals surface area contributed by atoms with Gasteiger partial charge in [0.05, 0.1) is 6.33 Å². The van der Waals surface area contributed by atoms with Crippen molar-refractivity contribution >= 4 is 29.0 Å². The van der Waals surface area contributed by atoms with Crippen LogP contribution in [0.5, 0.6) is 0 Å². The zero-order valence-corrected chi connectivity index (χ0v) is 26.0. The average molecular weight is 589 g/mol. The second kappa shape index (κ2) is 13.1. The summed E-state index contributed by atoms with van der Waals surface area (Å²) >= 11 is 0. The second-order valence-electron chi connectivity index (χ2n) is 13.6. The summed E-state index contributed by atoms with van der Waals surface area (Å²) in [6, 6.07) is 11.9.